The first-order valence-corrected chi connectivity index (χ1v) is 8.00. The van der Waals surface area contributed by atoms with Crippen LogP contribution in [-0.4, -0.2) is 24.5 Å². The van der Waals surface area contributed by atoms with Gasteiger partial charge in [0, 0.05) is 6.04 Å². The normalized spacial score (nSPS) is 24.6. The van der Waals surface area contributed by atoms with Gasteiger partial charge in [-0.1, -0.05) is 44.4 Å². The Kier molecular flexibility index (Phi) is 5.58. The SMILES string of the molecule is Cc1cccc(C(=O)OCC(=O)N[C@H]2CCC[C@@H](C)[C@H]2C)c1. The Balaban J connectivity index is 1.81. The van der Waals surface area contributed by atoms with Crippen molar-refractivity contribution < 1.29 is 14.3 Å². The molecule has 0 aliphatic heterocycles. The molecule has 0 bridgehead atoms. The fourth-order valence-electron chi connectivity index (χ4n) is 3.02. The van der Waals surface area contributed by atoms with Crippen LogP contribution in [0.1, 0.15) is 49.0 Å². The highest BCUT2D eigenvalue weighted by Crippen LogP contribution is 2.29. The predicted octanol–water partition coefficient (Wildman–Crippen LogP) is 3.09. The van der Waals surface area contributed by atoms with Crippen LogP contribution >= 0.6 is 0 Å². The molecule has 3 atom stereocenters. The van der Waals surface area contributed by atoms with Crippen molar-refractivity contribution in [1.29, 1.82) is 0 Å². The lowest BCUT2D eigenvalue weighted by molar-refractivity contribution is -0.125. The number of nitrogens with one attached hydrogen (secondary N) is 1. The number of aryl methyl sites for hydroxylation is 1. The summed E-state index contributed by atoms with van der Waals surface area (Å²) >= 11 is 0. The first-order valence-electron chi connectivity index (χ1n) is 8.00. The molecule has 22 heavy (non-hydrogen) atoms. The Morgan fingerprint density at radius 1 is 1.27 bits per heavy atom. The van der Waals surface area contributed by atoms with Crippen LogP contribution in [0.5, 0.6) is 0 Å². The van der Waals surface area contributed by atoms with E-state index in [9.17, 15) is 9.59 Å². The molecule has 1 aliphatic rings. The third-order valence-corrected chi connectivity index (χ3v) is 4.64. The second-order valence-electron chi connectivity index (χ2n) is 6.39. The fourth-order valence-corrected chi connectivity index (χ4v) is 3.02. The molecule has 1 aromatic rings. The summed E-state index contributed by atoms with van der Waals surface area (Å²) in [4.78, 5) is 23.9. The Morgan fingerprint density at radius 2 is 2.05 bits per heavy atom. The van der Waals surface area contributed by atoms with Crippen molar-refractivity contribution in [2.24, 2.45) is 11.8 Å². The van der Waals surface area contributed by atoms with Crippen LogP contribution in [0.3, 0.4) is 0 Å². The molecule has 0 heterocycles. The first kappa shape index (κ1) is 16.5. The second kappa shape index (κ2) is 7.43. The molecule has 0 radical (unpaired) electrons. The van der Waals surface area contributed by atoms with E-state index in [-0.39, 0.29) is 18.6 Å². The van der Waals surface area contributed by atoms with Gasteiger partial charge in [-0.25, -0.2) is 4.79 Å². The molecule has 1 fully saturated rings. The Hall–Kier alpha value is -1.84. The number of benzene rings is 1. The number of hydrogen-bond donors (Lipinski definition) is 1. The summed E-state index contributed by atoms with van der Waals surface area (Å²) in [5.74, 6) is 0.412. The lowest BCUT2D eigenvalue weighted by Crippen LogP contribution is -2.45. The van der Waals surface area contributed by atoms with Crippen LogP contribution in [0.25, 0.3) is 0 Å². The lowest BCUT2D eigenvalue weighted by atomic mass is 9.78. The molecule has 0 saturated heterocycles. The summed E-state index contributed by atoms with van der Waals surface area (Å²) in [5, 5.41) is 3.00. The molecule has 1 N–H and O–H groups in total. The summed E-state index contributed by atoms with van der Waals surface area (Å²) in [7, 11) is 0. The summed E-state index contributed by atoms with van der Waals surface area (Å²) in [5.41, 5.74) is 1.47. The highest BCUT2D eigenvalue weighted by molar-refractivity contribution is 5.91. The minimum absolute atomic E-state index is 0.189. The summed E-state index contributed by atoms with van der Waals surface area (Å²) in [6.07, 6.45) is 3.36. The molecule has 2 rings (SSSR count). The van der Waals surface area contributed by atoms with Crippen LogP contribution in [0, 0.1) is 18.8 Å². The largest absolute Gasteiger partial charge is 0.452 e. The van der Waals surface area contributed by atoms with E-state index >= 15 is 0 Å². The summed E-state index contributed by atoms with van der Waals surface area (Å²) in [6, 6.07) is 7.35. The Labute approximate surface area is 132 Å². The molecule has 0 unspecified atom stereocenters. The molecule has 0 spiro atoms. The van der Waals surface area contributed by atoms with Gasteiger partial charge in [0.15, 0.2) is 6.61 Å². The van der Waals surface area contributed by atoms with Crippen molar-refractivity contribution in [3.8, 4) is 0 Å². The highest BCUT2D eigenvalue weighted by atomic mass is 16.5. The molecule has 4 heteroatoms. The third-order valence-electron chi connectivity index (χ3n) is 4.64. The van der Waals surface area contributed by atoms with Gasteiger partial charge in [0.1, 0.15) is 0 Å². The van der Waals surface area contributed by atoms with E-state index in [0.29, 0.717) is 17.4 Å². The zero-order valence-electron chi connectivity index (χ0n) is 13.6. The van der Waals surface area contributed by atoms with E-state index in [2.05, 4.69) is 19.2 Å². The van der Waals surface area contributed by atoms with E-state index in [4.69, 9.17) is 4.74 Å². The van der Waals surface area contributed by atoms with Crippen LogP contribution < -0.4 is 5.32 Å². The van der Waals surface area contributed by atoms with Gasteiger partial charge in [-0.05, 0) is 37.3 Å². The molecule has 4 nitrogen and oxygen atoms in total. The standard InChI is InChI=1S/C18H25NO3/c1-12-6-4-8-15(10-12)18(21)22-11-17(20)19-16-9-5-7-13(2)14(16)3/h4,6,8,10,13-14,16H,5,7,9,11H2,1-3H3,(H,19,20)/t13-,14-,16+/m1/s1. The topological polar surface area (TPSA) is 55.4 Å². The molecule has 0 aromatic heterocycles. The maximum absolute atomic E-state index is 12.0. The Morgan fingerprint density at radius 3 is 2.77 bits per heavy atom. The van der Waals surface area contributed by atoms with Crippen molar-refractivity contribution in [3.63, 3.8) is 0 Å². The molecule has 1 amide bonds. The molecule has 1 saturated carbocycles. The maximum atomic E-state index is 12.0. The van der Waals surface area contributed by atoms with Gasteiger partial charge in [0.2, 0.25) is 0 Å². The van der Waals surface area contributed by atoms with Crippen LogP contribution in [0.15, 0.2) is 24.3 Å². The first-order chi connectivity index (χ1) is 10.5. The van der Waals surface area contributed by atoms with Crippen LogP contribution in [0.4, 0.5) is 0 Å². The number of ether oxygens (including phenoxy) is 1. The van der Waals surface area contributed by atoms with E-state index in [1.807, 2.05) is 13.0 Å². The van der Waals surface area contributed by atoms with Gasteiger partial charge in [0.25, 0.3) is 5.91 Å². The highest BCUT2D eigenvalue weighted by Gasteiger charge is 2.28. The van der Waals surface area contributed by atoms with Crippen molar-refractivity contribution in [2.75, 3.05) is 6.61 Å². The summed E-state index contributed by atoms with van der Waals surface area (Å²) in [6.45, 7) is 6.09. The average molecular weight is 303 g/mol. The number of carbonyl (C=O) groups excluding carboxylic acids is 2. The molecular weight excluding hydrogens is 278 g/mol. The lowest BCUT2D eigenvalue weighted by Gasteiger charge is -2.34. The van der Waals surface area contributed by atoms with E-state index in [0.717, 1.165) is 18.4 Å². The zero-order chi connectivity index (χ0) is 16.1. The van der Waals surface area contributed by atoms with Gasteiger partial charge in [-0.3, -0.25) is 4.79 Å². The van der Waals surface area contributed by atoms with Gasteiger partial charge < -0.3 is 10.1 Å². The van der Waals surface area contributed by atoms with E-state index in [1.165, 1.54) is 6.42 Å². The zero-order valence-corrected chi connectivity index (χ0v) is 13.6. The van der Waals surface area contributed by atoms with Gasteiger partial charge in [-0.15, -0.1) is 0 Å². The quantitative estimate of drug-likeness (QED) is 0.870. The smallest absolute Gasteiger partial charge is 0.338 e. The maximum Gasteiger partial charge on any atom is 0.338 e. The van der Waals surface area contributed by atoms with Crippen LogP contribution in [0.2, 0.25) is 0 Å². The Bertz CT molecular complexity index is 541. The molecule has 1 aromatic carbocycles. The molecular formula is C18H25NO3. The van der Waals surface area contributed by atoms with Gasteiger partial charge >= 0.3 is 5.97 Å². The van der Waals surface area contributed by atoms with E-state index in [1.54, 1.807) is 18.2 Å². The minimum atomic E-state index is -0.455. The van der Waals surface area contributed by atoms with Gasteiger partial charge in [0.05, 0.1) is 5.56 Å². The number of hydrogen-bond acceptors (Lipinski definition) is 3. The number of carbonyl (C=O) groups is 2. The fraction of sp³-hybridized carbons (Fsp3) is 0.556. The monoisotopic (exact) mass is 303 g/mol. The van der Waals surface area contributed by atoms with Crippen molar-refractivity contribution in [1.82, 2.24) is 5.32 Å². The van der Waals surface area contributed by atoms with E-state index < -0.39 is 5.97 Å². The summed E-state index contributed by atoms with van der Waals surface area (Å²) < 4.78 is 5.10. The number of rotatable bonds is 4. The third kappa shape index (κ3) is 4.33. The van der Waals surface area contributed by atoms with Crippen molar-refractivity contribution in [3.05, 3.63) is 35.4 Å². The predicted molar refractivity (Wildman–Crippen MR) is 85.6 cm³/mol. The minimum Gasteiger partial charge on any atom is -0.452 e. The molecule has 120 valence electrons. The van der Waals surface area contributed by atoms with Crippen molar-refractivity contribution in [2.45, 2.75) is 46.1 Å². The van der Waals surface area contributed by atoms with Gasteiger partial charge in [-0.2, -0.15) is 0 Å². The molecule has 1 aliphatic carbocycles. The van der Waals surface area contributed by atoms with Crippen molar-refractivity contribution >= 4 is 11.9 Å². The van der Waals surface area contributed by atoms with Crippen LogP contribution in [-0.2, 0) is 9.53 Å². The number of amides is 1. The number of esters is 1. The average Bonchev–Trinajstić information content (AvgIpc) is 2.49. The second-order valence-corrected chi connectivity index (χ2v) is 6.39.